The molecule has 1 aromatic carbocycles. The zero-order chi connectivity index (χ0) is 18.4. The summed E-state index contributed by atoms with van der Waals surface area (Å²) in [5, 5.41) is 15.8. The van der Waals surface area contributed by atoms with Gasteiger partial charge in [0.25, 0.3) is 5.91 Å². The normalized spacial score (nSPS) is 11.4. The van der Waals surface area contributed by atoms with Gasteiger partial charge in [-0.3, -0.25) is 14.9 Å². The highest BCUT2D eigenvalue weighted by Gasteiger charge is 2.23. The fourth-order valence-electron chi connectivity index (χ4n) is 1.98. The Morgan fingerprint density at radius 1 is 1.36 bits per heavy atom. The molecule has 0 aliphatic rings. The van der Waals surface area contributed by atoms with E-state index in [0.717, 1.165) is 10.9 Å². The number of rotatable bonds is 7. The van der Waals surface area contributed by atoms with Crippen molar-refractivity contribution in [2.75, 3.05) is 7.11 Å². The van der Waals surface area contributed by atoms with Crippen LogP contribution in [0.2, 0.25) is 0 Å². The van der Waals surface area contributed by atoms with Gasteiger partial charge in [-0.1, -0.05) is 6.07 Å². The molecular weight excluding hydrogens is 348 g/mol. The molecule has 2 rings (SSSR count). The molecule has 0 aliphatic carbocycles. The molecule has 2 aromatic rings. The van der Waals surface area contributed by atoms with E-state index >= 15 is 0 Å². The summed E-state index contributed by atoms with van der Waals surface area (Å²) in [6.45, 7) is 1.84. The van der Waals surface area contributed by atoms with Crippen molar-refractivity contribution in [3.63, 3.8) is 0 Å². The monoisotopic (exact) mass is 364 g/mol. The summed E-state index contributed by atoms with van der Waals surface area (Å²) in [5.74, 6) is -1.20. The first kappa shape index (κ1) is 18.4. The molecule has 1 atom stereocenters. The summed E-state index contributed by atoms with van der Waals surface area (Å²) in [5.41, 5.74) is -0.392. The maximum Gasteiger partial charge on any atom is 0.338 e. The Balaban J connectivity index is 2.08. The fraction of sp³-hybridized carbons (Fsp3) is 0.250. The molecule has 1 N–H and O–H groups in total. The number of amides is 1. The molecule has 0 bridgehead atoms. The van der Waals surface area contributed by atoms with Crippen LogP contribution in [0.25, 0.3) is 0 Å². The molecule has 9 heteroatoms. The van der Waals surface area contributed by atoms with Crippen molar-refractivity contribution in [2.24, 2.45) is 0 Å². The topological polar surface area (TPSA) is 108 Å². The Labute approximate surface area is 147 Å². The molecule has 0 fully saturated rings. The number of ether oxygens (including phenoxy) is 2. The number of benzene rings is 1. The average molecular weight is 364 g/mol. The fourth-order valence-corrected chi connectivity index (χ4v) is 2.62. The first-order valence-electron chi connectivity index (χ1n) is 7.26. The van der Waals surface area contributed by atoms with Crippen LogP contribution in [0.4, 0.5) is 5.69 Å². The first-order chi connectivity index (χ1) is 11.9. The summed E-state index contributed by atoms with van der Waals surface area (Å²) in [7, 11) is 1.18. The third-order valence-electron chi connectivity index (χ3n) is 3.27. The molecule has 132 valence electrons. The van der Waals surface area contributed by atoms with Crippen LogP contribution in [0.3, 0.4) is 0 Å². The highest BCUT2D eigenvalue weighted by Crippen LogP contribution is 2.29. The number of nitro benzene ring substituents is 1. The lowest BCUT2D eigenvalue weighted by atomic mass is 10.2. The Bertz CT molecular complexity index is 775. The van der Waals surface area contributed by atoms with Crippen molar-refractivity contribution in [1.29, 1.82) is 0 Å². The molecular formula is C16H16N2O6S. The molecule has 0 saturated heterocycles. The third kappa shape index (κ3) is 4.77. The van der Waals surface area contributed by atoms with Gasteiger partial charge in [0, 0.05) is 10.9 Å². The summed E-state index contributed by atoms with van der Waals surface area (Å²) in [6, 6.07) is 7.42. The van der Waals surface area contributed by atoms with E-state index in [1.807, 2.05) is 17.5 Å². The minimum atomic E-state index is -0.942. The Morgan fingerprint density at radius 2 is 2.12 bits per heavy atom. The van der Waals surface area contributed by atoms with E-state index in [4.69, 9.17) is 4.74 Å². The number of thiophene rings is 1. The van der Waals surface area contributed by atoms with Crippen LogP contribution in [0.5, 0.6) is 5.75 Å². The van der Waals surface area contributed by atoms with Crippen molar-refractivity contribution in [3.8, 4) is 5.75 Å². The van der Waals surface area contributed by atoms with Gasteiger partial charge in [0.05, 0.1) is 24.1 Å². The Hall–Kier alpha value is -2.94. The van der Waals surface area contributed by atoms with Gasteiger partial charge in [0.1, 0.15) is 0 Å². The molecule has 1 aromatic heterocycles. The zero-order valence-electron chi connectivity index (χ0n) is 13.6. The van der Waals surface area contributed by atoms with Gasteiger partial charge in [-0.25, -0.2) is 4.79 Å². The number of methoxy groups -OCH3 is 1. The Morgan fingerprint density at radius 3 is 2.72 bits per heavy atom. The van der Waals surface area contributed by atoms with Gasteiger partial charge in [-0.2, -0.15) is 0 Å². The molecule has 0 unspecified atom stereocenters. The van der Waals surface area contributed by atoms with Crippen LogP contribution in [0.1, 0.15) is 22.2 Å². The predicted molar refractivity (Wildman–Crippen MR) is 90.7 cm³/mol. The van der Waals surface area contributed by atoms with E-state index in [1.54, 1.807) is 0 Å². The van der Waals surface area contributed by atoms with E-state index in [2.05, 4.69) is 10.1 Å². The van der Waals surface area contributed by atoms with Gasteiger partial charge in [-0.05, 0) is 30.5 Å². The van der Waals surface area contributed by atoms with E-state index in [1.165, 1.54) is 37.5 Å². The smallest absolute Gasteiger partial charge is 0.338 e. The largest absolute Gasteiger partial charge is 0.474 e. The van der Waals surface area contributed by atoms with Crippen molar-refractivity contribution in [1.82, 2.24) is 5.32 Å². The predicted octanol–water partition coefficient (Wildman–Crippen LogP) is 2.53. The number of hydrogen-bond donors (Lipinski definition) is 1. The number of nitrogens with one attached hydrogen (secondary N) is 1. The second-order valence-corrected chi connectivity index (χ2v) is 6.02. The standard InChI is InChI=1S/C16H16N2O6S/c1-10(15(19)17-9-12-4-3-7-25-12)24-14-6-5-11(16(20)23-2)8-13(14)18(21)22/h3-8,10H,9H2,1-2H3,(H,17,19)/t10-/m0/s1. The SMILES string of the molecule is COC(=O)c1ccc(O[C@@H](C)C(=O)NCc2cccs2)c([N+](=O)[O-])c1. The van der Waals surface area contributed by atoms with Crippen molar-refractivity contribution >= 4 is 28.9 Å². The average Bonchev–Trinajstić information content (AvgIpc) is 3.12. The summed E-state index contributed by atoms with van der Waals surface area (Å²) >= 11 is 1.50. The zero-order valence-corrected chi connectivity index (χ0v) is 14.4. The lowest BCUT2D eigenvalue weighted by molar-refractivity contribution is -0.386. The minimum absolute atomic E-state index is 0.0244. The second kappa shape index (κ2) is 8.25. The molecule has 0 spiro atoms. The van der Waals surface area contributed by atoms with Crippen LogP contribution < -0.4 is 10.1 Å². The van der Waals surface area contributed by atoms with Crippen molar-refractivity contribution < 1.29 is 24.0 Å². The van der Waals surface area contributed by atoms with Crippen LogP contribution in [0, 0.1) is 10.1 Å². The van der Waals surface area contributed by atoms with Crippen LogP contribution >= 0.6 is 11.3 Å². The Kier molecular flexibility index (Phi) is 6.07. The number of nitrogens with zero attached hydrogens (tertiary/aromatic N) is 1. The van der Waals surface area contributed by atoms with Gasteiger partial charge in [-0.15, -0.1) is 11.3 Å². The van der Waals surface area contributed by atoms with Crippen molar-refractivity contribution in [2.45, 2.75) is 19.6 Å². The summed E-state index contributed by atoms with van der Waals surface area (Å²) < 4.78 is 9.94. The quantitative estimate of drug-likeness (QED) is 0.459. The summed E-state index contributed by atoms with van der Waals surface area (Å²) in [4.78, 5) is 35.0. The lowest BCUT2D eigenvalue weighted by Crippen LogP contribution is -2.35. The van der Waals surface area contributed by atoms with E-state index in [0.29, 0.717) is 6.54 Å². The minimum Gasteiger partial charge on any atom is -0.474 e. The molecule has 0 radical (unpaired) electrons. The maximum absolute atomic E-state index is 12.1. The number of carbonyl (C=O) groups excluding carboxylic acids is 2. The molecule has 1 heterocycles. The number of esters is 1. The molecule has 1 amide bonds. The maximum atomic E-state index is 12.1. The second-order valence-electron chi connectivity index (χ2n) is 4.99. The van der Waals surface area contributed by atoms with E-state index < -0.39 is 28.6 Å². The van der Waals surface area contributed by atoms with Crippen molar-refractivity contribution in [3.05, 3.63) is 56.3 Å². The highest BCUT2D eigenvalue weighted by molar-refractivity contribution is 7.09. The van der Waals surface area contributed by atoms with Gasteiger partial charge >= 0.3 is 11.7 Å². The van der Waals surface area contributed by atoms with Gasteiger partial charge in [0.2, 0.25) is 0 Å². The van der Waals surface area contributed by atoms with E-state index in [9.17, 15) is 19.7 Å². The highest BCUT2D eigenvalue weighted by atomic mass is 32.1. The van der Waals surface area contributed by atoms with Crippen LogP contribution in [-0.4, -0.2) is 30.0 Å². The van der Waals surface area contributed by atoms with Crippen LogP contribution in [0.15, 0.2) is 35.7 Å². The summed E-state index contributed by atoms with van der Waals surface area (Å²) in [6.07, 6.45) is -0.942. The third-order valence-corrected chi connectivity index (χ3v) is 4.14. The number of carbonyl (C=O) groups is 2. The molecule has 8 nitrogen and oxygen atoms in total. The number of hydrogen-bond acceptors (Lipinski definition) is 7. The lowest BCUT2D eigenvalue weighted by Gasteiger charge is -2.14. The molecule has 0 saturated carbocycles. The van der Waals surface area contributed by atoms with Gasteiger partial charge < -0.3 is 14.8 Å². The molecule has 25 heavy (non-hydrogen) atoms. The van der Waals surface area contributed by atoms with Gasteiger partial charge in [0.15, 0.2) is 11.9 Å². The number of nitro groups is 1. The van der Waals surface area contributed by atoms with Crippen LogP contribution in [-0.2, 0) is 16.1 Å². The van der Waals surface area contributed by atoms with E-state index in [-0.39, 0.29) is 11.3 Å². The first-order valence-corrected chi connectivity index (χ1v) is 8.14. The molecule has 0 aliphatic heterocycles.